The molecule has 1 aliphatic heterocycles. The Balaban J connectivity index is 0.00000338. The molecule has 1 amide bonds. The van der Waals surface area contributed by atoms with Gasteiger partial charge in [-0.25, -0.2) is 8.42 Å². The molecule has 0 aliphatic carbocycles. The van der Waals surface area contributed by atoms with Crippen LogP contribution < -0.4 is 11.1 Å². The fourth-order valence-corrected chi connectivity index (χ4v) is 4.44. The number of carbonyl (C=O) groups is 1. The molecule has 0 radical (unpaired) electrons. The number of halogens is 1. The van der Waals surface area contributed by atoms with Crippen LogP contribution in [-0.2, 0) is 21.2 Å². The lowest BCUT2D eigenvalue weighted by Gasteiger charge is -2.25. The van der Waals surface area contributed by atoms with Crippen LogP contribution in [0, 0.1) is 0 Å². The maximum Gasteiger partial charge on any atom is 0.243 e. The minimum Gasteiger partial charge on any atom is -0.356 e. The molecular weight excluding hydrogens is 374 g/mol. The minimum atomic E-state index is -3.38. The van der Waals surface area contributed by atoms with Gasteiger partial charge in [0.2, 0.25) is 15.9 Å². The summed E-state index contributed by atoms with van der Waals surface area (Å²) < 4.78 is 26.7. The van der Waals surface area contributed by atoms with Gasteiger partial charge >= 0.3 is 0 Å². The van der Waals surface area contributed by atoms with E-state index in [4.69, 9.17) is 5.73 Å². The summed E-state index contributed by atoms with van der Waals surface area (Å²) in [4.78, 5) is 12.1. The molecule has 0 aromatic heterocycles. The Labute approximate surface area is 163 Å². The van der Waals surface area contributed by atoms with Gasteiger partial charge in [0.15, 0.2) is 0 Å². The number of benzene rings is 1. The zero-order valence-corrected chi connectivity index (χ0v) is 16.8. The van der Waals surface area contributed by atoms with Gasteiger partial charge in [-0.05, 0) is 56.3 Å². The highest BCUT2D eigenvalue weighted by molar-refractivity contribution is 7.89. The van der Waals surface area contributed by atoms with Crippen LogP contribution in [0.25, 0.3) is 0 Å². The summed E-state index contributed by atoms with van der Waals surface area (Å²) >= 11 is 0. The van der Waals surface area contributed by atoms with E-state index in [1.165, 1.54) is 0 Å². The van der Waals surface area contributed by atoms with E-state index >= 15 is 0 Å². The molecule has 6 nitrogen and oxygen atoms in total. The third-order valence-corrected chi connectivity index (χ3v) is 6.38. The van der Waals surface area contributed by atoms with Crippen LogP contribution >= 0.6 is 12.4 Å². The molecule has 1 aliphatic rings. The number of nitrogens with one attached hydrogen (secondary N) is 1. The smallest absolute Gasteiger partial charge is 0.243 e. The molecule has 3 N–H and O–H groups in total. The van der Waals surface area contributed by atoms with Crippen LogP contribution in [0.4, 0.5) is 0 Å². The normalized spacial score (nSPS) is 15.3. The molecule has 2 rings (SSSR count). The molecule has 0 unspecified atom stereocenters. The zero-order valence-electron chi connectivity index (χ0n) is 15.2. The minimum absolute atomic E-state index is 0. The number of hydrogen-bond acceptors (Lipinski definition) is 4. The van der Waals surface area contributed by atoms with E-state index in [1.54, 1.807) is 28.6 Å². The van der Waals surface area contributed by atoms with E-state index in [9.17, 15) is 13.2 Å². The SMILES string of the molecule is Cl.NCCCCNC(=O)CCc1ccc(S(=O)(=O)N2CCCCC2)cc1. The molecule has 0 spiro atoms. The fourth-order valence-electron chi connectivity index (χ4n) is 2.93. The zero-order chi connectivity index (χ0) is 18.1. The second-order valence-corrected chi connectivity index (χ2v) is 8.39. The average Bonchev–Trinajstić information content (AvgIpc) is 2.64. The first kappa shape index (κ1) is 22.9. The van der Waals surface area contributed by atoms with Gasteiger partial charge in [-0.3, -0.25) is 4.79 Å². The number of nitrogens with zero attached hydrogens (tertiary/aromatic N) is 1. The van der Waals surface area contributed by atoms with Gasteiger partial charge in [0.05, 0.1) is 4.90 Å². The van der Waals surface area contributed by atoms with Crippen molar-refractivity contribution in [1.29, 1.82) is 0 Å². The van der Waals surface area contributed by atoms with E-state index in [1.807, 2.05) is 0 Å². The summed E-state index contributed by atoms with van der Waals surface area (Å²) in [7, 11) is -3.38. The van der Waals surface area contributed by atoms with Gasteiger partial charge in [0.1, 0.15) is 0 Å². The van der Waals surface area contributed by atoms with E-state index in [-0.39, 0.29) is 18.3 Å². The van der Waals surface area contributed by atoms with Crippen molar-refractivity contribution in [2.75, 3.05) is 26.2 Å². The Bertz CT molecular complexity index is 644. The quantitative estimate of drug-likeness (QED) is 0.617. The first-order valence-electron chi connectivity index (χ1n) is 9.10. The Hall–Kier alpha value is -1.15. The van der Waals surface area contributed by atoms with E-state index in [2.05, 4.69) is 5.32 Å². The van der Waals surface area contributed by atoms with Crippen LogP contribution in [0.5, 0.6) is 0 Å². The summed E-state index contributed by atoms with van der Waals surface area (Å²) in [6.45, 7) is 2.51. The highest BCUT2D eigenvalue weighted by atomic mass is 35.5. The maximum absolute atomic E-state index is 12.6. The van der Waals surface area contributed by atoms with Crippen molar-refractivity contribution in [1.82, 2.24) is 9.62 Å². The van der Waals surface area contributed by atoms with Crippen molar-refractivity contribution in [3.63, 3.8) is 0 Å². The number of unbranched alkanes of at least 4 members (excludes halogenated alkanes) is 1. The topological polar surface area (TPSA) is 92.5 Å². The molecule has 1 fully saturated rings. The predicted molar refractivity (Wildman–Crippen MR) is 106 cm³/mol. The third-order valence-electron chi connectivity index (χ3n) is 4.47. The number of sulfonamides is 1. The molecule has 1 saturated heterocycles. The Morgan fingerprint density at radius 1 is 1.08 bits per heavy atom. The van der Waals surface area contributed by atoms with Crippen LogP contribution in [0.3, 0.4) is 0 Å². The van der Waals surface area contributed by atoms with Crippen LogP contribution in [0.2, 0.25) is 0 Å². The van der Waals surface area contributed by atoms with Crippen LogP contribution in [0.15, 0.2) is 29.2 Å². The monoisotopic (exact) mass is 403 g/mol. The van der Waals surface area contributed by atoms with Crippen molar-refractivity contribution in [2.24, 2.45) is 5.73 Å². The second-order valence-electron chi connectivity index (χ2n) is 6.45. The highest BCUT2D eigenvalue weighted by Crippen LogP contribution is 2.21. The van der Waals surface area contributed by atoms with Crippen molar-refractivity contribution in [2.45, 2.75) is 49.8 Å². The van der Waals surface area contributed by atoms with E-state index < -0.39 is 10.0 Å². The number of carbonyl (C=O) groups excluding carboxylic acids is 1. The van der Waals surface area contributed by atoms with E-state index in [0.29, 0.717) is 43.9 Å². The second kappa shape index (κ2) is 11.5. The molecule has 148 valence electrons. The van der Waals surface area contributed by atoms with Crippen LogP contribution in [0.1, 0.15) is 44.1 Å². The van der Waals surface area contributed by atoms with Crippen molar-refractivity contribution >= 4 is 28.3 Å². The number of aryl methyl sites for hydroxylation is 1. The van der Waals surface area contributed by atoms with Gasteiger partial charge in [-0.1, -0.05) is 18.6 Å². The lowest BCUT2D eigenvalue weighted by molar-refractivity contribution is -0.121. The summed E-state index contributed by atoms with van der Waals surface area (Å²) in [5, 5.41) is 2.87. The van der Waals surface area contributed by atoms with Gasteiger partial charge in [-0.2, -0.15) is 4.31 Å². The first-order chi connectivity index (χ1) is 12.0. The summed E-state index contributed by atoms with van der Waals surface area (Å²) in [6, 6.07) is 6.91. The van der Waals surface area contributed by atoms with Crippen LogP contribution in [-0.4, -0.2) is 44.8 Å². The number of rotatable bonds is 9. The molecule has 0 bridgehead atoms. The molecule has 8 heteroatoms. The van der Waals surface area contributed by atoms with Crippen molar-refractivity contribution in [3.8, 4) is 0 Å². The fraction of sp³-hybridized carbons (Fsp3) is 0.611. The highest BCUT2D eigenvalue weighted by Gasteiger charge is 2.25. The molecular formula is C18H30ClN3O3S. The van der Waals surface area contributed by atoms with Crippen molar-refractivity contribution in [3.05, 3.63) is 29.8 Å². The molecule has 0 atom stereocenters. The first-order valence-corrected chi connectivity index (χ1v) is 10.5. The predicted octanol–water partition coefficient (Wildman–Crippen LogP) is 2.07. The Kier molecular flexibility index (Phi) is 10.2. The van der Waals surface area contributed by atoms with Gasteiger partial charge in [0.25, 0.3) is 0 Å². The molecule has 0 saturated carbocycles. The van der Waals surface area contributed by atoms with Gasteiger partial charge in [-0.15, -0.1) is 12.4 Å². The standard InChI is InChI=1S/C18H29N3O3S.ClH/c19-12-2-3-13-20-18(22)11-8-16-6-9-17(10-7-16)25(23,24)21-14-4-1-5-15-21;/h6-7,9-10H,1-5,8,11-15,19H2,(H,20,22);1H. The molecule has 1 aromatic rings. The average molecular weight is 404 g/mol. The van der Waals surface area contributed by atoms with Crippen molar-refractivity contribution < 1.29 is 13.2 Å². The maximum atomic E-state index is 12.6. The lowest BCUT2D eigenvalue weighted by atomic mass is 10.1. The Morgan fingerprint density at radius 2 is 1.73 bits per heavy atom. The molecule has 1 heterocycles. The summed E-state index contributed by atoms with van der Waals surface area (Å²) in [6.07, 6.45) is 5.76. The summed E-state index contributed by atoms with van der Waals surface area (Å²) in [5.41, 5.74) is 6.38. The lowest BCUT2D eigenvalue weighted by Crippen LogP contribution is -2.35. The molecule has 1 aromatic carbocycles. The third kappa shape index (κ3) is 6.87. The summed E-state index contributed by atoms with van der Waals surface area (Å²) in [5.74, 6) is 0.0158. The number of piperidine rings is 1. The number of hydrogen-bond donors (Lipinski definition) is 2. The van der Waals surface area contributed by atoms with Gasteiger partial charge in [0, 0.05) is 26.1 Å². The van der Waals surface area contributed by atoms with E-state index in [0.717, 1.165) is 37.7 Å². The Morgan fingerprint density at radius 3 is 2.35 bits per heavy atom. The van der Waals surface area contributed by atoms with Gasteiger partial charge < -0.3 is 11.1 Å². The largest absolute Gasteiger partial charge is 0.356 e. The molecule has 26 heavy (non-hydrogen) atoms. The number of amides is 1. The number of nitrogens with two attached hydrogens (primary N) is 1.